The van der Waals surface area contributed by atoms with Crippen LogP contribution in [0.1, 0.15) is 39.3 Å². The summed E-state index contributed by atoms with van der Waals surface area (Å²) in [6, 6.07) is 51.3. The van der Waals surface area contributed by atoms with Crippen molar-refractivity contribution in [2.24, 2.45) is 0 Å². The van der Waals surface area contributed by atoms with Crippen LogP contribution in [0.25, 0.3) is 22.3 Å². The van der Waals surface area contributed by atoms with E-state index in [2.05, 4.69) is 18.2 Å². The van der Waals surface area contributed by atoms with E-state index in [9.17, 15) is 18.4 Å². The zero-order chi connectivity index (χ0) is 32.6. The zero-order valence-electron chi connectivity index (χ0n) is 25.6. The van der Waals surface area contributed by atoms with E-state index in [-0.39, 0.29) is 22.6 Å². The summed E-state index contributed by atoms with van der Waals surface area (Å²) in [5, 5.41) is 9.89. The van der Waals surface area contributed by atoms with E-state index in [1.807, 2.05) is 127 Å². The summed E-state index contributed by atoms with van der Waals surface area (Å²) < 4.78 is 43.0. The number of halogens is 3. The average Bonchev–Trinajstić information content (AvgIpc) is 3.10. The zero-order valence-corrected chi connectivity index (χ0v) is 26.4. The van der Waals surface area contributed by atoms with Crippen molar-refractivity contribution in [3.8, 4) is 28.3 Å². The Morgan fingerprint density at radius 1 is 0.553 bits per heavy atom. The molecule has 0 bridgehead atoms. The van der Waals surface area contributed by atoms with Gasteiger partial charge in [0.25, 0.3) is 0 Å². The molecule has 1 atom stereocenters. The van der Waals surface area contributed by atoms with Crippen LogP contribution in [0.5, 0.6) is 0 Å². The summed E-state index contributed by atoms with van der Waals surface area (Å²) in [5.41, 5.74) is 4.38. The predicted molar refractivity (Wildman–Crippen MR) is 186 cm³/mol. The van der Waals surface area contributed by atoms with Crippen molar-refractivity contribution < 1.29 is 13.2 Å². The topological polar surface area (TPSA) is 23.8 Å². The van der Waals surface area contributed by atoms with Crippen molar-refractivity contribution in [3.63, 3.8) is 0 Å². The van der Waals surface area contributed by atoms with Gasteiger partial charge in [-0.1, -0.05) is 146 Å². The lowest BCUT2D eigenvalue weighted by Gasteiger charge is -2.25. The fraction of sp³-hybridized carbons (Fsp3) is 0.119. The lowest BCUT2D eigenvalue weighted by molar-refractivity contribution is -0.0328. The first kappa shape index (κ1) is 31.9. The molecule has 0 fully saturated rings. The number of hydrogen-bond donors (Lipinski definition) is 0. The van der Waals surface area contributed by atoms with E-state index in [1.165, 1.54) is 0 Å². The highest BCUT2D eigenvalue weighted by Gasteiger charge is 2.33. The van der Waals surface area contributed by atoms with E-state index < -0.39 is 5.51 Å². The molecule has 0 amide bonds. The van der Waals surface area contributed by atoms with E-state index in [0.29, 0.717) is 36.0 Å². The van der Waals surface area contributed by atoms with E-state index in [1.54, 1.807) is 12.1 Å². The van der Waals surface area contributed by atoms with Gasteiger partial charge in [0.05, 0.1) is 11.6 Å². The van der Waals surface area contributed by atoms with Crippen LogP contribution in [0, 0.1) is 11.3 Å². The molecule has 0 saturated carbocycles. The third kappa shape index (κ3) is 8.03. The molecular formula is C42H32F3NS. The van der Waals surface area contributed by atoms with Gasteiger partial charge in [0.1, 0.15) is 0 Å². The largest absolute Gasteiger partial charge is 0.446 e. The Hall–Kier alpha value is -5.05. The smallest absolute Gasteiger partial charge is 0.192 e. The van der Waals surface area contributed by atoms with Gasteiger partial charge in [-0.3, -0.25) is 0 Å². The van der Waals surface area contributed by atoms with Gasteiger partial charge in [-0.15, -0.1) is 0 Å². The van der Waals surface area contributed by atoms with Crippen LogP contribution in [0.15, 0.2) is 157 Å². The molecule has 6 aromatic carbocycles. The number of nitrogens with zero attached hydrogens (tertiary/aromatic N) is 1. The minimum Gasteiger partial charge on any atom is -0.192 e. The molecule has 0 heterocycles. The second-order valence-electron chi connectivity index (χ2n) is 11.5. The number of rotatable bonds is 10. The Morgan fingerprint density at radius 3 is 1.79 bits per heavy atom. The minimum absolute atomic E-state index is 0.0318. The van der Waals surface area contributed by atoms with Gasteiger partial charge in [0.2, 0.25) is 0 Å². The molecule has 0 N–H and O–H groups in total. The molecule has 0 radical (unpaired) electrons. The Kier molecular flexibility index (Phi) is 9.90. The van der Waals surface area contributed by atoms with Crippen LogP contribution in [-0.4, -0.2) is 5.51 Å². The minimum atomic E-state index is -4.47. The number of nitriles is 1. The van der Waals surface area contributed by atoms with Crippen molar-refractivity contribution in [3.05, 3.63) is 185 Å². The predicted octanol–water partition coefficient (Wildman–Crippen LogP) is 11.7. The van der Waals surface area contributed by atoms with Crippen molar-refractivity contribution in [2.45, 2.75) is 35.6 Å². The van der Waals surface area contributed by atoms with E-state index in [0.717, 1.165) is 38.9 Å². The fourth-order valence-corrected chi connectivity index (χ4v) is 7.05. The molecule has 0 aliphatic carbocycles. The number of thioether (sulfide) groups is 1. The second-order valence-corrected chi connectivity index (χ2v) is 12.6. The summed E-state index contributed by atoms with van der Waals surface area (Å²) in [6.45, 7) is 0. The Morgan fingerprint density at radius 2 is 1.11 bits per heavy atom. The molecular weight excluding hydrogens is 608 g/mol. The molecule has 6 aromatic rings. The van der Waals surface area contributed by atoms with Gasteiger partial charge in [-0.05, 0) is 93.1 Å². The van der Waals surface area contributed by atoms with Crippen molar-refractivity contribution in [1.82, 2.24) is 0 Å². The molecule has 47 heavy (non-hydrogen) atoms. The molecule has 0 aliphatic rings. The van der Waals surface area contributed by atoms with E-state index >= 15 is 0 Å². The van der Waals surface area contributed by atoms with Crippen molar-refractivity contribution in [2.75, 3.05) is 0 Å². The third-order valence-corrected chi connectivity index (χ3v) is 9.35. The molecule has 1 nitrogen and oxygen atoms in total. The van der Waals surface area contributed by atoms with Crippen molar-refractivity contribution in [1.29, 1.82) is 5.26 Å². The van der Waals surface area contributed by atoms with Gasteiger partial charge in [0, 0.05) is 4.90 Å². The number of hydrogen-bond acceptors (Lipinski definition) is 2. The highest BCUT2D eigenvalue weighted by Crippen LogP contribution is 2.45. The SMILES string of the molecule is N#Cc1ccccc1CC(Cc1ccccc1-c1ccccc1)c1cccc(Cc2ccc(-c3ccccc3)cc2)c1SC(F)(F)F. The van der Waals surface area contributed by atoms with E-state index in [4.69, 9.17) is 0 Å². The maximum atomic E-state index is 14.3. The first-order valence-electron chi connectivity index (χ1n) is 15.5. The summed E-state index contributed by atoms with van der Waals surface area (Å²) >= 11 is -0.0318. The average molecular weight is 640 g/mol. The lowest BCUT2D eigenvalue weighted by Crippen LogP contribution is -2.13. The fourth-order valence-electron chi connectivity index (χ4n) is 6.20. The van der Waals surface area contributed by atoms with Crippen LogP contribution >= 0.6 is 11.8 Å². The first-order chi connectivity index (χ1) is 22.9. The van der Waals surface area contributed by atoms with Gasteiger partial charge >= 0.3 is 5.51 Å². The van der Waals surface area contributed by atoms with Gasteiger partial charge in [-0.2, -0.15) is 18.4 Å². The molecule has 0 aromatic heterocycles. The summed E-state index contributed by atoms with van der Waals surface area (Å²) in [6.07, 6.45) is 1.29. The van der Waals surface area contributed by atoms with Crippen LogP contribution in [0.2, 0.25) is 0 Å². The van der Waals surface area contributed by atoms with Crippen LogP contribution in [0.3, 0.4) is 0 Å². The van der Waals surface area contributed by atoms with Gasteiger partial charge < -0.3 is 0 Å². The summed E-state index contributed by atoms with van der Waals surface area (Å²) in [4.78, 5) is 0.240. The van der Waals surface area contributed by atoms with Crippen LogP contribution in [0.4, 0.5) is 13.2 Å². The highest BCUT2D eigenvalue weighted by molar-refractivity contribution is 8.00. The summed E-state index contributed by atoms with van der Waals surface area (Å²) in [7, 11) is 0. The molecule has 0 spiro atoms. The van der Waals surface area contributed by atoms with Crippen LogP contribution in [-0.2, 0) is 19.3 Å². The van der Waals surface area contributed by atoms with Crippen LogP contribution < -0.4 is 0 Å². The summed E-state index contributed by atoms with van der Waals surface area (Å²) in [5.74, 6) is -0.320. The molecule has 0 saturated heterocycles. The Balaban J connectivity index is 1.43. The van der Waals surface area contributed by atoms with Gasteiger partial charge in [-0.25, -0.2) is 0 Å². The first-order valence-corrected chi connectivity index (χ1v) is 16.3. The molecule has 6 rings (SSSR count). The molecule has 232 valence electrons. The highest BCUT2D eigenvalue weighted by atomic mass is 32.2. The molecule has 1 unspecified atom stereocenters. The Bertz CT molecular complexity index is 1980. The molecule has 0 aliphatic heterocycles. The monoisotopic (exact) mass is 639 g/mol. The molecule has 5 heteroatoms. The standard InChI is InChI=1S/C42H32F3NS/c43-42(44,45)47-41-36(26-30-22-24-32(25-23-30)31-12-3-1-4-13-31)19-11-21-40(41)38(27-34-16-7-8-18-37(34)29-46)28-35-17-9-10-20-39(35)33-14-5-2-6-15-33/h1-25,38H,26-28H2. The third-order valence-electron chi connectivity index (χ3n) is 8.41. The maximum Gasteiger partial charge on any atom is 0.446 e. The maximum absolute atomic E-state index is 14.3. The van der Waals surface area contributed by atoms with Crippen molar-refractivity contribution >= 4 is 11.8 Å². The van der Waals surface area contributed by atoms with Gasteiger partial charge in [0.15, 0.2) is 0 Å². The second kappa shape index (κ2) is 14.6. The quantitative estimate of drug-likeness (QED) is 0.139. The number of alkyl halides is 3. The number of benzene rings is 6. The lowest BCUT2D eigenvalue weighted by atomic mass is 9.82. The Labute approximate surface area is 278 Å². The normalized spacial score (nSPS) is 12.0.